The Morgan fingerprint density at radius 1 is 1.50 bits per heavy atom. The molecule has 0 amide bonds. The summed E-state index contributed by atoms with van der Waals surface area (Å²) in [4.78, 5) is 15.9. The number of benzene rings is 1. The maximum atomic E-state index is 13.2. The van der Waals surface area contributed by atoms with Gasteiger partial charge in [-0.3, -0.25) is 4.79 Å². The SMILES string of the molecule is CCC1CC(C(=O)O)C(c2nc3cc(F)ccc3s2)C1. The minimum atomic E-state index is -0.739. The molecule has 20 heavy (non-hydrogen) atoms. The minimum absolute atomic E-state index is 0.0297. The molecule has 3 nitrogen and oxygen atoms in total. The predicted octanol–water partition coefficient (Wildman–Crippen LogP) is 4.04. The molecule has 0 bridgehead atoms. The van der Waals surface area contributed by atoms with E-state index >= 15 is 0 Å². The normalized spacial score (nSPS) is 26.2. The van der Waals surface area contributed by atoms with E-state index in [0.717, 1.165) is 29.0 Å². The van der Waals surface area contributed by atoms with Gasteiger partial charge in [-0.2, -0.15) is 0 Å². The van der Waals surface area contributed by atoms with Crippen LogP contribution in [-0.2, 0) is 4.79 Å². The van der Waals surface area contributed by atoms with E-state index in [2.05, 4.69) is 11.9 Å². The summed E-state index contributed by atoms with van der Waals surface area (Å²) in [6, 6.07) is 4.55. The van der Waals surface area contributed by atoms with Crippen molar-refractivity contribution in [3.63, 3.8) is 0 Å². The molecule has 1 aliphatic rings. The molecule has 0 saturated heterocycles. The standard InChI is InChI=1S/C15H16FNO2S/c1-2-8-5-10(11(6-8)15(18)19)14-17-12-7-9(16)3-4-13(12)20-14/h3-4,7-8,10-11H,2,5-6H2,1H3,(H,18,19). The number of halogens is 1. The highest BCUT2D eigenvalue weighted by Gasteiger charge is 2.40. The first kappa shape index (κ1) is 13.5. The van der Waals surface area contributed by atoms with Gasteiger partial charge in [0.1, 0.15) is 5.82 Å². The first-order valence-electron chi connectivity index (χ1n) is 6.87. The van der Waals surface area contributed by atoms with Crippen LogP contribution < -0.4 is 0 Å². The van der Waals surface area contributed by atoms with E-state index in [1.807, 2.05) is 0 Å². The van der Waals surface area contributed by atoms with Gasteiger partial charge >= 0.3 is 5.97 Å². The second-order valence-electron chi connectivity index (χ2n) is 5.46. The van der Waals surface area contributed by atoms with E-state index in [1.54, 1.807) is 6.07 Å². The lowest BCUT2D eigenvalue weighted by Gasteiger charge is -2.11. The number of thiazole rings is 1. The van der Waals surface area contributed by atoms with E-state index in [4.69, 9.17) is 0 Å². The van der Waals surface area contributed by atoms with Gasteiger partial charge in [-0.25, -0.2) is 9.37 Å². The summed E-state index contributed by atoms with van der Waals surface area (Å²) in [6.45, 7) is 2.10. The molecule has 2 aromatic rings. The van der Waals surface area contributed by atoms with Gasteiger partial charge in [-0.1, -0.05) is 13.3 Å². The van der Waals surface area contributed by atoms with Crippen LogP contribution in [0.4, 0.5) is 4.39 Å². The van der Waals surface area contributed by atoms with Crippen molar-refractivity contribution in [2.75, 3.05) is 0 Å². The Morgan fingerprint density at radius 3 is 3.00 bits per heavy atom. The first-order valence-corrected chi connectivity index (χ1v) is 7.69. The van der Waals surface area contributed by atoms with E-state index in [1.165, 1.54) is 23.5 Å². The Hall–Kier alpha value is -1.49. The lowest BCUT2D eigenvalue weighted by Crippen LogP contribution is -2.16. The number of aliphatic carboxylic acids is 1. The fourth-order valence-corrected chi connectivity index (χ4v) is 4.23. The Bertz CT molecular complexity index is 654. The second-order valence-corrected chi connectivity index (χ2v) is 6.52. The van der Waals surface area contributed by atoms with Crippen molar-refractivity contribution in [1.29, 1.82) is 0 Å². The van der Waals surface area contributed by atoms with E-state index < -0.39 is 5.97 Å². The molecule has 3 rings (SSSR count). The lowest BCUT2D eigenvalue weighted by molar-refractivity contribution is -0.142. The van der Waals surface area contributed by atoms with Crippen molar-refractivity contribution in [2.24, 2.45) is 11.8 Å². The lowest BCUT2D eigenvalue weighted by atomic mass is 9.97. The fraction of sp³-hybridized carbons (Fsp3) is 0.467. The summed E-state index contributed by atoms with van der Waals surface area (Å²) in [5.41, 5.74) is 0.633. The summed E-state index contributed by atoms with van der Waals surface area (Å²) < 4.78 is 14.1. The van der Waals surface area contributed by atoms with Crippen molar-refractivity contribution in [2.45, 2.75) is 32.1 Å². The third kappa shape index (κ3) is 2.30. The van der Waals surface area contributed by atoms with Crippen LogP contribution in [0.1, 0.15) is 37.1 Å². The van der Waals surface area contributed by atoms with Crippen LogP contribution in [0, 0.1) is 17.7 Å². The number of carbonyl (C=O) groups is 1. The topological polar surface area (TPSA) is 50.2 Å². The number of carboxylic acids is 1. The molecule has 3 atom stereocenters. The molecule has 1 heterocycles. The molecule has 0 spiro atoms. The van der Waals surface area contributed by atoms with Crippen LogP contribution in [-0.4, -0.2) is 16.1 Å². The van der Waals surface area contributed by atoms with Gasteiger partial charge in [-0.15, -0.1) is 11.3 Å². The highest BCUT2D eigenvalue weighted by Crippen LogP contribution is 2.46. The highest BCUT2D eigenvalue weighted by atomic mass is 32.1. The van der Waals surface area contributed by atoms with Crippen LogP contribution in [0.3, 0.4) is 0 Å². The average molecular weight is 293 g/mol. The molecule has 1 N–H and O–H groups in total. The third-order valence-corrected chi connectivity index (χ3v) is 5.41. The molecule has 1 aromatic carbocycles. The van der Waals surface area contributed by atoms with Crippen molar-refractivity contribution in [3.05, 3.63) is 29.0 Å². The van der Waals surface area contributed by atoms with Crippen LogP contribution in [0.25, 0.3) is 10.2 Å². The summed E-state index contributed by atoms with van der Waals surface area (Å²) in [5.74, 6) is -0.980. The first-order chi connectivity index (χ1) is 9.58. The van der Waals surface area contributed by atoms with Crippen molar-refractivity contribution < 1.29 is 14.3 Å². The minimum Gasteiger partial charge on any atom is -0.481 e. The van der Waals surface area contributed by atoms with Crippen LogP contribution in [0.15, 0.2) is 18.2 Å². The molecule has 5 heteroatoms. The zero-order valence-electron chi connectivity index (χ0n) is 11.2. The summed E-state index contributed by atoms with van der Waals surface area (Å²) >= 11 is 1.50. The number of fused-ring (bicyclic) bond motifs is 1. The molecular weight excluding hydrogens is 277 g/mol. The Kier molecular flexibility index (Phi) is 3.46. The van der Waals surface area contributed by atoms with Gasteiger partial charge in [0.25, 0.3) is 0 Å². The molecule has 1 aromatic heterocycles. The van der Waals surface area contributed by atoms with Gasteiger partial charge in [-0.05, 0) is 30.9 Å². The number of rotatable bonds is 3. The van der Waals surface area contributed by atoms with Gasteiger partial charge in [0.05, 0.1) is 21.1 Å². The highest BCUT2D eigenvalue weighted by molar-refractivity contribution is 7.18. The van der Waals surface area contributed by atoms with Gasteiger partial charge in [0.15, 0.2) is 0 Å². The Balaban J connectivity index is 1.98. The number of hydrogen-bond donors (Lipinski definition) is 1. The smallest absolute Gasteiger partial charge is 0.307 e. The average Bonchev–Trinajstić information content (AvgIpc) is 3.00. The number of carboxylic acid groups (broad SMARTS) is 1. The largest absolute Gasteiger partial charge is 0.481 e. The number of hydrogen-bond acceptors (Lipinski definition) is 3. The molecule has 0 radical (unpaired) electrons. The Morgan fingerprint density at radius 2 is 2.30 bits per heavy atom. The second kappa shape index (κ2) is 5.13. The molecule has 0 aliphatic heterocycles. The zero-order valence-corrected chi connectivity index (χ0v) is 12.0. The molecule has 3 unspecified atom stereocenters. The van der Waals surface area contributed by atoms with E-state index in [9.17, 15) is 14.3 Å². The van der Waals surface area contributed by atoms with Gasteiger partial charge in [0, 0.05) is 12.0 Å². The van der Waals surface area contributed by atoms with Crippen LogP contribution in [0.2, 0.25) is 0 Å². The maximum Gasteiger partial charge on any atom is 0.307 e. The monoisotopic (exact) mass is 293 g/mol. The fourth-order valence-electron chi connectivity index (χ4n) is 3.10. The summed E-state index contributed by atoms with van der Waals surface area (Å²) in [7, 11) is 0. The molecule has 1 fully saturated rings. The molecule has 1 aliphatic carbocycles. The summed E-state index contributed by atoms with van der Waals surface area (Å²) in [6.07, 6.45) is 2.59. The maximum absolute atomic E-state index is 13.2. The quantitative estimate of drug-likeness (QED) is 0.929. The Labute approximate surface area is 120 Å². The van der Waals surface area contributed by atoms with Crippen molar-refractivity contribution >= 4 is 27.5 Å². The predicted molar refractivity (Wildman–Crippen MR) is 76.5 cm³/mol. The van der Waals surface area contributed by atoms with E-state index in [0.29, 0.717) is 11.4 Å². The third-order valence-electron chi connectivity index (χ3n) is 4.24. The van der Waals surface area contributed by atoms with Crippen molar-refractivity contribution in [1.82, 2.24) is 4.98 Å². The molecule has 106 valence electrons. The van der Waals surface area contributed by atoms with E-state index in [-0.39, 0.29) is 17.7 Å². The molecule has 1 saturated carbocycles. The van der Waals surface area contributed by atoms with Crippen molar-refractivity contribution in [3.8, 4) is 0 Å². The number of aromatic nitrogens is 1. The number of nitrogens with zero attached hydrogens (tertiary/aromatic N) is 1. The summed E-state index contributed by atoms with van der Waals surface area (Å²) in [5, 5.41) is 10.2. The van der Waals surface area contributed by atoms with Crippen LogP contribution in [0.5, 0.6) is 0 Å². The van der Waals surface area contributed by atoms with Gasteiger partial charge < -0.3 is 5.11 Å². The van der Waals surface area contributed by atoms with Crippen LogP contribution >= 0.6 is 11.3 Å². The zero-order chi connectivity index (χ0) is 14.3. The van der Waals surface area contributed by atoms with Gasteiger partial charge in [0.2, 0.25) is 0 Å². The molecular formula is C15H16FNO2S.